The van der Waals surface area contributed by atoms with Crippen molar-refractivity contribution in [3.8, 4) is 0 Å². The molecule has 1 amide bonds. The summed E-state index contributed by atoms with van der Waals surface area (Å²) in [7, 11) is 0. The number of aliphatic hydroxyl groups is 1. The predicted molar refractivity (Wildman–Crippen MR) is 90.2 cm³/mol. The minimum atomic E-state index is -0.287. The molecule has 1 aliphatic heterocycles. The van der Waals surface area contributed by atoms with Gasteiger partial charge in [-0.05, 0) is 32.8 Å². The van der Waals surface area contributed by atoms with Gasteiger partial charge in [-0.1, -0.05) is 0 Å². The molecule has 126 valence electrons. The molecule has 2 atom stereocenters. The fourth-order valence-electron chi connectivity index (χ4n) is 3.68. The molecule has 2 fully saturated rings. The Bertz CT molecular complexity index is 588. The van der Waals surface area contributed by atoms with E-state index in [9.17, 15) is 9.90 Å². The first-order chi connectivity index (χ1) is 11.0. The number of ether oxygens (including phenoxy) is 1. The number of amides is 1. The number of thiazole rings is 1. The summed E-state index contributed by atoms with van der Waals surface area (Å²) in [6.07, 6.45) is 5.59. The van der Waals surface area contributed by atoms with E-state index in [-0.39, 0.29) is 23.5 Å². The zero-order valence-electron chi connectivity index (χ0n) is 13.7. The molecule has 1 spiro atoms. The van der Waals surface area contributed by atoms with Crippen LogP contribution in [-0.2, 0) is 9.53 Å². The van der Waals surface area contributed by atoms with Gasteiger partial charge in [0, 0.05) is 43.0 Å². The molecule has 2 heterocycles. The fraction of sp³-hybridized carbons (Fsp3) is 0.647. The first-order valence-corrected chi connectivity index (χ1v) is 9.12. The van der Waals surface area contributed by atoms with Crippen molar-refractivity contribution >= 4 is 23.3 Å². The second-order valence-electron chi connectivity index (χ2n) is 6.38. The predicted octanol–water partition coefficient (Wildman–Crippen LogP) is 2.24. The second kappa shape index (κ2) is 6.71. The summed E-state index contributed by atoms with van der Waals surface area (Å²) in [5, 5.41) is 13.1. The van der Waals surface area contributed by atoms with E-state index < -0.39 is 0 Å². The van der Waals surface area contributed by atoms with Gasteiger partial charge in [0.25, 0.3) is 0 Å². The molecule has 1 saturated heterocycles. The number of piperidine rings is 1. The lowest BCUT2D eigenvalue weighted by Gasteiger charge is -2.56. The van der Waals surface area contributed by atoms with E-state index >= 15 is 0 Å². The maximum Gasteiger partial charge on any atom is 0.246 e. The van der Waals surface area contributed by atoms with Crippen LogP contribution in [0, 0.1) is 12.3 Å². The highest BCUT2D eigenvalue weighted by Crippen LogP contribution is 2.50. The lowest BCUT2D eigenvalue weighted by molar-refractivity contribution is -0.209. The molecular formula is C17H24N2O3S. The maximum atomic E-state index is 12.3. The molecule has 1 aromatic heterocycles. The van der Waals surface area contributed by atoms with Crippen LogP contribution in [0.3, 0.4) is 0 Å². The topological polar surface area (TPSA) is 62.7 Å². The smallest absolute Gasteiger partial charge is 0.246 e. The molecule has 0 aromatic carbocycles. The maximum absolute atomic E-state index is 12.3. The van der Waals surface area contributed by atoms with Crippen molar-refractivity contribution in [2.75, 3.05) is 19.7 Å². The largest absolute Gasteiger partial charge is 0.392 e. The third kappa shape index (κ3) is 3.20. The molecule has 2 unspecified atom stereocenters. The molecule has 0 bridgehead atoms. The Morgan fingerprint density at radius 1 is 1.57 bits per heavy atom. The highest BCUT2D eigenvalue weighted by Gasteiger charge is 2.56. The number of aromatic nitrogens is 1. The summed E-state index contributed by atoms with van der Waals surface area (Å²) in [5.41, 5.74) is 0.697. The van der Waals surface area contributed by atoms with E-state index in [1.54, 1.807) is 23.5 Å². The van der Waals surface area contributed by atoms with Crippen LogP contribution < -0.4 is 0 Å². The Morgan fingerprint density at radius 3 is 2.87 bits per heavy atom. The van der Waals surface area contributed by atoms with Crippen LogP contribution in [0.5, 0.6) is 0 Å². The van der Waals surface area contributed by atoms with E-state index in [4.69, 9.17) is 4.74 Å². The van der Waals surface area contributed by atoms with Crippen LogP contribution in [0.1, 0.15) is 36.9 Å². The van der Waals surface area contributed by atoms with Crippen LogP contribution in [-0.4, -0.2) is 52.8 Å². The number of aryl methyl sites for hydroxylation is 1. The monoisotopic (exact) mass is 336 g/mol. The van der Waals surface area contributed by atoms with E-state index in [0.29, 0.717) is 19.7 Å². The molecule has 2 aliphatic rings. The van der Waals surface area contributed by atoms with Crippen molar-refractivity contribution in [2.45, 2.75) is 45.3 Å². The van der Waals surface area contributed by atoms with Crippen molar-refractivity contribution in [3.05, 3.63) is 22.2 Å². The summed E-state index contributed by atoms with van der Waals surface area (Å²) >= 11 is 1.58. The van der Waals surface area contributed by atoms with Gasteiger partial charge >= 0.3 is 0 Å². The zero-order valence-corrected chi connectivity index (χ0v) is 14.5. The Balaban J connectivity index is 1.56. The zero-order chi connectivity index (χ0) is 16.4. The number of nitrogens with zero attached hydrogens (tertiary/aromatic N) is 2. The molecule has 1 aromatic rings. The average molecular weight is 336 g/mol. The molecule has 1 aliphatic carbocycles. The lowest BCUT2D eigenvalue weighted by atomic mass is 9.58. The summed E-state index contributed by atoms with van der Waals surface area (Å²) in [4.78, 5) is 18.5. The summed E-state index contributed by atoms with van der Waals surface area (Å²) < 4.78 is 5.76. The highest BCUT2D eigenvalue weighted by molar-refractivity contribution is 7.09. The molecular weight excluding hydrogens is 312 g/mol. The third-order valence-corrected chi connectivity index (χ3v) is 5.94. The normalized spacial score (nSPS) is 26.7. The van der Waals surface area contributed by atoms with Crippen LogP contribution in [0.15, 0.2) is 11.5 Å². The van der Waals surface area contributed by atoms with E-state index in [0.717, 1.165) is 30.0 Å². The Morgan fingerprint density at radius 2 is 2.30 bits per heavy atom. The van der Waals surface area contributed by atoms with Crippen molar-refractivity contribution < 1.29 is 14.6 Å². The molecule has 3 rings (SSSR count). The second-order valence-corrected chi connectivity index (χ2v) is 7.44. The molecule has 6 heteroatoms. The number of rotatable bonds is 4. The molecule has 1 N–H and O–H groups in total. The highest BCUT2D eigenvalue weighted by atomic mass is 32.1. The van der Waals surface area contributed by atoms with Crippen molar-refractivity contribution in [1.82, 2.24) is 9.88 Å². The fourth-order valence-corrected chi connectivity index (χ4v) is 4.26. The number of aliphatic hydroxyl groups excluding tert-OH is 1. The summed E-state index contributed by atoms with van der Waals surface area (Å²) in [5.74, 6) is 0.0206. The first kappa shape index (κ1) is 16.6. The van der Waals surface area contributed by atoms with Crippen LogP contribution in [0.25, 0.3) is 6.08 Å². The Labute approximate surface area is 141 Å². The lowest BCUT2D eigenvalue weighted by Crippen LogP contribution is -2.62. The van der Waals surface area contributed by atoms with E-state index in [1.165, 1.54) is 0 Å². The van der Waals surface area contributed by atoms with Crippen LogP contribution >= 0.6 is 11.3 Å². The quantitative estimate of drug-likeness (QED) is 0.857. The number of hydrogen-bond donors (Lipinski definition) is 1. The minimum absolute atomic E-state index is 0.0206. The third-order valence-electron chi connectivity index (χ3n) is 5.15. The Hall–Kier alpha value is -1.24. The van der Waals surface area contributed by atoms with E-state index in [2.05, 4.69) is 4.98 Å². The van der Waals surface area contributed by atoms with Crippen LogP contribution in [0.2, 0.25) is 0 Å². The van der Waals surface area contributed by atoms with E-state index in [1.807, 2.05) is 24.1 Å². The van der Waals surface area contributed by atoms with Gasteiger partial charge in [-0.2, -0.15) is 0 Å². The van der Waals surface area contributed by atoms with Crippen molar-refractivity contribution in [1.29, 1.82) is 0 Å². The summed E-state index contributed by atoms with van der Waals surface area (Å²) in [6, 6.07) is 0. The van der Waals surface area contributed by atoms with Gasteiger partial charge < -0.3 is 14.7 Å². The van der Waals surface area contributed by atoms with Gasteiger partial charge in [-0.25, -0.2) is 4.98 Å². The standard InChI is InChI=1S/C17H24N2O3S/c1-3-22-15-10-14(20)17(15)6-8-19(9-7-17)16(21)5-4-13-11-23-12(2)18-13/h4-5,11,14-15,20H,3,6-10H2,1-2H3/b5-4+. The number of hydrogen-bond acceptors (Lipinski definition) is 5. The Kier molecular flexibility index (Phi) is 4.85. The average Bonchev–Trinajstić information content (AvgIpc) is 2.98. The number of carbonyl (C=O) groups is 1. The molecule has 1 saturated carbocycles. The van der Waals surface area contributed by atoms with Gasteiger partial charge in [0.2, 0.25) is 5.91 Å². The number of carbonyl (C=O) groups excluding carboxylic acids is 1. The molecule has 23 heavy (non-hydrogen) atoms. The minimum Gasteiger partial charge on any atom is -0.392 e. The summed E-state index contributed by atoms with van der Waals surface area (Å²) in [6.45, 7) is 5.98. The van der Waals surface area contributed by atoms with Gasteiger partial charge in [0.05, 0.1) is 22.9 Å². The van der Waals surface area contributed by atoms with Crippen LogP contribution in [0.4, 0.5) is 0 Å². The van der Waals surface area contributed by atoms with Gasteiger partial charge in [0.15, 0.2) is 0 Å². The molecule has 0 radical (unpaired) electrons. The van der Waals surface area contributed by atoms with Crippen molar-refractivity contribution in [2.24, 2.45) is 5.41 Å². The molecule has 5 nitrogen and oxygen atoms in total. The SMILES string of the molecule is CCOC1CC(O)C12CCN(C(=O)/C=C/c1csc(C)n1)CC2. The van der Waals surface area contributed by atoms with Gasteiger partial charge in [-0.3, -0.25) is 4.79 Å². The first-order valence-electron chi connectivity index (χ1n) is 8.24. The van der Waals surface area contributed by atoms with Crippen molar-refractivity contribution in [3.63, 3.8) is 0 Å². The number of likely N-dealkylation sites (tertiary alicyclic amines) is 1. The van der Waals surface area contributed by atoms with Gasteiger partial charge in [0.1, 0.15) is 0 Å². The van der Waals surface area contributed by atoms with Gasteiger partial charge in [-0.15, -0.1) is 11.3 Å².